The number of aryl methyl sites for hydroxylation is 1. The van der Waals surface area contributed by atoms with Crippen LogP contribution in [0.1, 0.15) is 16.1 Å². The lowest BCUT2D eigenvalue weighted by Gasteiger charge is -2.08. The van der Waals surface area contributed by atoms with Crippen molar-refractivity contribution in [3.05, 3.63) is 33.7 Å². The van der Waals surface area contributed by atoms with Gasteiger partial charge in [0.15, 0.2) is 5.43 Å². The molecule has 1 unspecified atom stereocenters. The lowest BCUT2D eigenvalue weighted by Crippen LogP contribution is -2.36. The highest BCUT2D eigenvalue weighted by molar-refractivity contribution is 5.93. The second-order valence-corrected chi connectivity index (χ2v) is 3.44. The van der Waals surface area contributed by atoms with Crippen molar-refractivity contribution < 1.29 is 15.0 Å². The summed E-state index contributed by atoms with van der Waals surface area (Å²) < 4.78 is 0. The summed E-state index contributed by atoms with van der Waals surface area (Å²) in [6.07, 6.45) is 0.298. The lowest BCUT2D eigenvalue weighted by atomic mass is 10.2. The van der Waals surface area contributed by atoms with Gasteiger partial charge in [-0.25, -0.2) is 0 Å². The Morgan fingerprint density at radius 2 is 2.31 bits per heavy atom. The number of pyridine rings is 1. The van der Waals surface area contributed by atoms with Crippen molar-refractivity contribution in [1.29, 1.82) is 0 Å². The van der Waals surface area contributed by atoms with Crippen LogP contribution in [0.5, 0.6) is 0 Å². The molecule has 1 aromatic heterocycles. The molecular formula is C10H14N2O4. The molecule has 0 bridgehead atoms. The van der Waals surface area contributed by atoms with Crippen LogP contribution in [0.15, 0.2) is 17.1 Å². The summed E-state index contributed by atoms with van der Waals surface area (Å²) in [6.45, 7) is 1.17. The van der Waals surface area contributed by atoms with Gasteiger partial charge in [-0.2, -0.15) is 0 Å². The van der Waals surface area contributed by atoms with Gasteiger partial charge in [0, 0.05) is 24.5 Å². The molecule has 0 aliphatic rings. The normalized spacial score (nSPS) is 12.2. The highest BCUT2D eigenvalue weighted by Gasteiger charge is 2.11. The van der Waals surface area contributed by atoms with Crippen LogP contribution in [0.4, 0.5) is 0 Å². The van der Waals surface area contributed by atoms with Crippen LogP contribution in [0.2, 0.25) is 0 Å². The summed E-state index contributed by atoms with van der Waals surface area (Å²) in [5.74, 6) is -0.575. The number of carbonyl (C=O) groups is 1. The van der Waals surface area contributed by atoms with E-state index in [0.717, 1.165) is 0 Å². The minimum absolute atomic E-state index is 0.0178. The van der Waals surface area contributed by atoms with Gasteiger partial charge in [-0.3, -0.25) is 9.59 Å². The molecule has 1 aromatic rings. The van der Waals surface area contributed by atoms with Gasteiger partial charge in [-0.15, -0.1) is 0 Å². The van der Waals surface area contributed by atoms with Gasteiger partial charge >= 0.3 is 0 Å². The number of hydrogen-bond donors (Lipinski definition) is 4. The molecule has 0 fully saturated rings. The maximum absolute atomic E-state index is 11.5. The van der Waals surface area contributed by atoms with E-state index in [1.54, 1.807) is 6.92 Å². The number of aliphatic hydroxyl groups is 2. The Labute approximate surface area is 91.9 Å². The highest BCUT2D eigenvalue weighted by Crippen LogP contribution is 1.92. The summed E-state index contributed by atoms with van der Waals surface area (Å²) in [4.78, 5) is 25.6. The van der Waals surface area contributed by atoms with E-state index in [9.17, 15) is 9.59 Å². The van der Waals surface area contributed by atoms with Crippen molar-refractivity contribution in [3.8, 4) is 0 Å². The Kier molecular flexibility index (Phi) is 4.21. The predicted octanol–water partition coefficient (Wildman–Crippen LogP) is -1.23. The number of H-pyrrole nitrogens is 1. The third-order valence-corrected chi connectivity index (χ3v) is 2.01. The second kappa shape index (κ2) is 5.43. The van der Waals surface area contributed by atoms with Crippen molar-refractivity contribution in [2.75, 3.05) is 13.2 Å². The minimum Gasteiger partial charge on any atom is -0.394 e. The fourth-order valence-corrected chi connectivity index (χ4v) is 1.12. The van der Waals surface area contributed by atoms with E-state index in [0.29, 0.717) is 5.69 Å². The number of aromatic nitrogens is 1. The van der Waals surface area contributed by atoms with Gasteiger partial charge in [0.1, 0.15) is 5.56 Å². The van der Waals surface area contributed by atoms with Gasteiger partial charge < -0.3 is 20.5 Å². The van der Waals surface area contributed by atoms with Gasteiger partial charge in [-0.1, -0.05) is 0 Å². The molecule has 16 heavy (non-hydrogen) atoms. The molecule has 0 aliphatic carbocycles. The predicted molar refractivity (Wildman–Crippen MR) is 57.2 cm³/mol. The third kappa shape index (κ3) is 3.18. The number of amides is 1. The van der Waals surface area contributed by atoms with Crippen LogP contribution in [0, 0.1) is 6.92 Å². The SMILES string of the molecule is Cc1cc(=O)c(C(=O)NCC(O)CO)c[nH]1. The summed E-state index contributed by atoms with van der Waals surface area (Å²) in [5, 5.41) is 19.9. The number of nitrogens with one attached hydrogen (secondary N) is 2. The van der Waals surface area contributed by atoms with E-state index in [4.69, 9.17) is 10.2 Å². The molecule has 88 valence electrons. The first kappa shape index (κ1) is 12.4. The van der Waals surface area contributed by atoms with Crippen molar-refractivity contribution >= 4 is 5.91 Å². The van der Waals surface area contributed by atoms with E-state index < -0.39 is 18.6 Å². The molecule has 6 nitrogen and oxygen atoms in total. The molecule has 1 amide bonds. The van der Waals surface area contributed by atoms with Crippen molar-refractivity contribution in [2.24, 2.45) is 0 Å². The number of rotatable bonds is 4. The maximum Gasteiger partial charge on any atom is 0.256 e. The second-order valence-electron chi connectivity index (χ2n) is 3.44. The van der Waals surface area contributed by atoms with Crippen LogP contribution in [0.25, 0.3) is 0 Å². The molecule has 0 aliphatic heterocycles. The largest absolute Gasteiger partial charge is 0.394 e. The van der Waals surface area contributed by atoms with Crippen molar-refractivity contribution in [1.82, 2.24) is 10.3 Å². The number of aromatic amines is 1. The summed E-state index contributed by atoms with van der Waals surface area (Å²) in [7, 11) is 0. The molecule has 0 radical (unpaired) electrons. The molecule has 1 heterocycles. The number of carbonyl (C=O) groups excluding carboxylic acids is 1. The number of hydrogen-bond acceptors (Lipinski definition) is 4. The van der Waals surface area contributed by atoms with Crippen LogP contribution in [-0.4, -0.2) is 40.4 Å². The Balaban J connectivity index is 2.70. The van der Waals surface area contributed by atoms with E-state index >= 15 is 0 Å². The summed E-state index contributed by atoms with van der Waals surface area (Å²) in [6, 6.07) is 1.32. The first-order valence-electron chi connectivity index (χ1n) is 4.81. The van der Waals surface area contributed by atoms with Crippen molar-refractivity contribution in [3.63, 3.8) is 0 Å². The molecule has 1 rings (SSSR count). The zero-order valence-electron chi connectivity index (χ0n) is 8.86. The molecule has 0 spiro atoms. The lowest BCUT2D eigenvalue weighted by molar-refractivity contribution is 0.0801. The fraction of sp³-hybridized carbons (Fsp3) is 0.400. The molecule has 6 heteroatoms. The number of aliphatic hydroxyl groups excluding tert-OH is 2. The first-order chi connectivity index (χ1) is 7.54. The highest BCUT2D eigenvalue weighted by atomic mass is 16.3. The van der Waals surface area contributed by atoms with Crippen LogP contribution in [0.3, 0.4) is 0 Å². The summed E-state index contributed by atoms with van der Waals surface area (Å²) >= 11 is 0. The van der Waals surface area contributed by atoms with Crippen LogP contribution < -0.4 is 10.7 Å². The smallest absolute Gasteiger partial charge is 0.256 e. The zero-order valence-corrected chi connectivity index (χ0v) is 8.86. The Hall–Kier alpha value is -1.66. The van der Waals surface area contributed by atoms with E-state index in [1.807, 2.05) is 0 Å². The third-order valence-electron chi connectivity index (χ3n) is 2.01. The Bertz CT molecular complexity index is 427. The van der Waals surface area contributed by atoms with E-state index in [2.05, 4.69) is 10.3 Å². The summed E-state index contributed by atoms with van der Waals surface area (Å²) in [5.41, 5.74) is 0.264. The standard InChI is InChI=1S/C10H14N2O4/c1-6-2-9(15)8(4-11-6)10(16)12-3-7(14)5-13/h2,4,7,13-14H,3,5H2,1H3,(H,11,15)(H,12,16). The average Bonchev–Trinajstić information content (AvgIpc) is 2.25. The van der Waals surface area contributed by atoms with Gasteiger partial charge in [0.2, 0.25) is 0 Å². The van der Waals surface area contributed by atoms with Crippen LogP contribution >= 0.6 is 0 Å². The van der Waals surface area contributed by atoms with Crippen molar-refractivity contribution in [2.45, 2.75) is 13.0 Å². The minimum atomic E-state index is -1.02. The maximum atomic E-state index is 11.5. The van der Waals surface area contributed by atoms with Gasteiger partial charge in [0.05, 0.1) is 12.7 Å². The Morgan fingerprint density at radius 3 is 2.88 bits per heavy atom. The zero-order chi connectivity index (χ0) is 12.1. The monoisotopic (exact) mass is 226 g/mol. The van der Waals surface area contributed by atoms with Gasteiger partial charge in [0.25, 0.3) is 5.91 Å². The molecular weight excluding hydrogens is 212 g/mol. The van der Waals surface area contributed by atoms with Gasteiger partial charge in [-0.05, 0) is 6.92 Å². The molecule has 0 saturated carbocycles. The molecule has 4 N–H and O–H groups in total. The topological polar surface area (TPSA) is 102 Å². The molecule has 0 aromatic carbocycles. The fourth-order valence-electron chi connectivity index (χ4n) is 1.12. The Morgan fingerprint density at radius 1 is 1.62 bits per heavy atom. The van der Waals surface area contributed by atoms with E-state index in [1.165, 1.54) is 12.3 Å². The molecule has 0 saturated heterocycles. The molecule has 1 atom stereocenters. The van der Waals surface area contributed by atoms with E-state index in [-0.39, 0.29) is 17.5 Å². The van der Waals surface area contributed by atoms with Crippen LogP contribution in [-0.2, 0) is 0 Å². The quantitative estimate of drug-likeness (QED) is 0.516. The average molecular weight is 226 g/mol. The first-order valence-corrected chi connectivity index (χ1v) is 4.81.